The van der Waals surface area contributed by atoms with E-state index in [-0.39, 0.29) is 11.4 Å². The largest absolute Gasteiger partial charge is 0.367 e. The number of nitro benzene ring substituents is 2. The highest BCUT2D eigenvalue weighted by Crippen LogP contribution is 2.31. The summed E-state index contributed by atoms with van der Waals surface area (Å²) in [5, 5.41) is 22.1. The van der Waals surface area contributed by atoms with Gasteiger partial charge in [0.1, 0.15) is 0 Å². The predicted octanol–water partition coefficient (Wildman–Crippen LogP) is 3.46. The van der Waals surface area contributed by atoms with E-state index in [9.17, 15) is 20.2 Å². The highest BCUT2D eigenvalue weighted by molar-refractivity contribution is 5.57. The van der Waals surface area contributed by atoms with Gasteiger partial charge in [-0.2, -0.15) is 0 Å². The molecular formula is C16H15N3O4. The lowest BCUT2D eigenvalue weighted by molar-refractivity contribution is -0.394. The number of fused-ring (bicyclic) bond motifs is 1. The second-order valence-electron chi connectivity index (χ2n) is 5.48. The van der Waals surface area contributed by atoms with Crippen LogP contribution in [0.3, 0.4) is 0 Å². The van der Waals surface area contributed by atoms with Crippen LogP contribution in [-0.2, 0) is 13.0 Å². The number of rotatable bonds is 4. The molecule has 1 heterocycles. The molecule has 0 aliphatic carbocycles. The second-order valence-corrected chi connectivity index (χ2v) is 5.48. The lowest BCUT2D eigenvalue weighted by atomic mass is 10.0. The zero-order valence-electron chi connectivity index (χ0n) is 12.3. The van der Waals surface area contributed by atoms with Crippen LogP contribution < -0.4 is 4.90 Å². The van der Waals surface area contributed by atoms with Crippen LogP contribution in [-0.4, -0.2) is 16.4 Å². The number of non-ortho nitro benzene ring substituents is 1. The molecule has 0 aromatic heterocycles. The van der Waals surface area contributed by atoms with E-state index >= 15 is 0 Å². The molecule has 0 atom stereocenters. The number of hydrogen-bond donors (Lipinski definition) is 0. The van der Waals surface area contributed by atoms with Crippen molar-refractivity contribution < 1.29 is 9.85 Å². The van der Waals surface area contributed by atoms with Crippen molar-refractivity contribution in [1.29, 1.82) is 0 Å². The SMILES string of the molecule is O=[N+]([O-])c1ccc(CN2CCCc3ccccc32)c([N+](=O)[O-])c1. The van der Waals surface area contributed by atoms with Gasteiger partial charge in [0, 0.05) is 30.4 Å². The Hall–Kier alpha value is -2.96. The minimum Gasteiger partial charge on any atom is -0.367 e. The van der Waals surface area contributed by atoms with Gasteiger partial charge < -0.3 is 4.90 Å². The van der Waals surface area contributed by atoms with Crippen LogP contribution in [0.5, 0.6) is 0 Å². The van der Waals surface area contributed by atoms with Crippen molar-refractivity contribution in [3.63, 3.8) is 0 Å². The Balaban J connectivity index is 1.95. The van der Waals surface area contributed by atoms with Gasteiger partial charge in [0.05, 0.1) is 15.9 Å². The summed E-state index contributed by atoms with van der Waals surface area (Å²) >= 11 is 0. The fourth-order valence-electron chi connectivity index (χ4n) is 2.95. The predicted molar refractivity (Wildman–Crippen MR) is 85.6 cm³/mol. The van der Waals surface area contributed by atoms with E-state index < -0.39 is 9.85 Å². The normalized spacial score (nSPS) is 13.5. The number of nitro groups is 2. The van der Waals surface area contributed by atoms with Crippen LogP contribution in [0.1, 0.15) is 17.5 Å². The summed E-state index contributed by atoms with van der Waals surface area (Å²) in [5.41, 5.74) is 2.31. The molecule has 2 aromatic carbocycles. The molecule has 0 saturated carbocycles. The summed E-state index contributed by atoms with van der Waals surface area (Å²) < 4.78 is 0. The van der Waals surface area contributed by atoms with E-state index in [1.807, 2.05) is 18.2 Å². The van der Waals surface area contributed by atoms with Gasteiger partial charge in [-0.3, -0.25) is 20.2 Å². The Morgan fingerprint density at radius 1 is 1.04 bits per heavy atom. The van der Waals surface area contributed by atoms with Crippen molar-refractivity contribution in [2.24, 2.45) is 0 Å². The fraction of sp³-hybridized carbons (Fsp3) is 0.250. The topological polar surface area (TPSA) is 89.5 Å². The molecule has 0 bridgehead atoms. The number of aryl methyl sites for hydroxylation is 1. The molecule has 7 nitrogen and oxygen atoms in total. The molecule has 0 fully saturated rings. The van der Waals surface area contributed by atoms with Crippen LogP contribution in [0, 0.1) is 20.2 Å². The molecule has 0 N–H and O–H groups in total. The molecule has 118 valence electrons. The first-order chi connectivity index (χ1) is 11.1. The third-order valence-corrected chi connectivity index (χ3v) is 4.04. The molecule has 0 amide bonds. The molecule has 7 heteroatoms. The van der Waals surface area contributed by atoms with Crippen LogP contribution in [0.25, 0.3) is 0 Å². The van der Waals surface area contributed by atoms with Crippen molar-refractivity contribution in [1.82, 2.24) is 0 Å². The summed E-state index contributed by atoms with van der Waals surface area (Å²) in [6.07, 6.45) is 1.98. The van der Waals surface area contributed by atoms with Crippen molar-refractivity contribution in [3.8, 4) is 0 Å². The van der Waals surface area contributed by atoms with Crippen LogP contribution in [0.4, 0.5) is 17.1 Å². The van der Waals surface area contributed by atoms with E-state index in [1.54, 1.807) is 0 Å². The third-order valence-electron chi connectivity index (χ3n) is 4.04. The second kappa shape index (κ2) is 6.04. The summed E-state index contributed by atoms with van der Waals surface area (Å²) in [6, 6.07) is 11.8. The quantitative estimate of drug-likeness (QED) is 0.637. The van der Waals surface area contributed by atoms with Gasteiger partial charge in [-0.05, 0) is 30.5 Å². The van der Waals surface area contributed by atoms with Crippen molar-refractivity contribution in [2.75, 3.05) is 11.4 Å². The average Bonchev–Trinajstić information content (AvgIpc) is 2.55. The molecule has 2 aromatic rings. The molecular weight excluding hydrogens is 298 g/mol. The lowest BCUT2D eigenvalue weighted by Gasteiger charge is -2.31. The third kappa shape index (κ3) is 2.98. The van der Waals surface area contributed by atoms with E-state index in [0.717, 1.165) is 31.1 Å². The minimum absolute atomic E-state index is 0.206. The fourth-order valence-corrected chi connectivity index (χ4v) is 2.95. The Morgan fingerprint density at radius 2 is 1.83 bits per heavy atom. The summed E-state index contributed by atoms with van der Waals surface area (Å²) in [6.45, 7) is 1.18. The summed E-state index contributed by atoms with van der Waals surface area (Å²) in [5.74, 6) is 0. The van der Waals surface area contributed by atoms with Gasteiger partial charge in [-0.15, -0.1) is 0 Å². The van der Waals surface area contributed by atoms with Gasteiger partial charge >= 0.3 is 0 Å². The van der Waals surface area contributed by atoms with Crippen LogP contribution >= 0.6 is 0 Å². The lowest BCUT2D eigenvalue weighted by Crippen LogP contribution is -2.29. The number of benzene rings is 2. The van der Waals surface area contributed by atoms with Gasteiger partial charge in [-0.1, -0.05) is 18.2 Å². The van der Waals surface area contributed by atoms with Crippen molar-refractivity contribution >= 4 is 17.1 Å². The van der Waals surface area contributed by atoms with E-state index in [2.05, 4.69) is 11.0 Å². The Morgan fingerprint density at radius 3 is 2.57 bits per heavy atom. The zero-order chi connectivity index (χ0) is 16.4. The Kier molecular flexibility index (Phi) is 3.92. The molecule has 3 rings (SSSR count). The molecule has 0 radical (unpaired) electrons. The van der Waals surface area contributed by atoms with Crippen molar-refractivity contribution in [3.05, 3.63) is 73.8 Å². The maximum atomic E-state index is 11.2. The number of nitrogens with zero attached hydrogens (tertiary/aromatic N) is 3. The van der Waals surface area contributed by atoms with Crippen LogP contribution in [0.2, 0.25) is 0 Å². The van der Waals surface area contributed by atoms with Gasteiger partial charge in [-0.25, -0.2) is 0 Å². The molecule has 0 saturated heterocycles. The average molecular weight is 313 g/mol. The first-order valence-electron chi connectivity index (χ1n) is 7.31. The standard InChI is InChI=1S/C16H15N3O4/c20-18(21)14-8-7-13(16(10-14)19(22)23)11-17-9-3-5-12-4-1-2-6-15(12)17/h1-2,4,6-8,10H,3,5,9,11H2. The molecule has 0 unspecified atom stereocenters. The summed E-state index contributed by atoms with van der Waals surface area (Å²) in [7, 11) is 0. The monoisotopic (exact) mass is 313 g/mol. The van der Waals surface area contributed by atoms with Gasteiger partial charge in [0.25, 0.3) is 11.4 Å². The first-order valence-corrected chi connectivity index (χ1v) is 7.31. The Labute approximate surface area is 132 Å². The number of anilines is 1. The molecule has 0 spiro atoms. The maximum Gasteiger partial charge on any atom is 0.281 e. The number of para-hydroxylation sites is 1. The van der Waals surface area contributed by atoms with Crippen LogP contribution in [0.15, 0.2) is 42.5 Å². The summed E-state index contributed by atoms with van der Waals surface area (Å²) in [4.78, 5) is 23.0. The highest BCUT2D eigenvalue weighted by atomic mass is 16.6. The zero-order valence-corrected chi connectivity index (χ0v) is 12.3. The first kappa shape index (κ1) is 15.0. The van der Waals surface area contributed by atoms with E-state index in [0.29, 0.717) is 12.1 Å². The van der Waals surface area contributed by atoms with Crippen molar-refractivity contribution in [2.45, 2.75) is 19.4 Å². The molecule has 1 aliphatic heterocycles. The minimum atomic E-state index is -0.618. The molecule has 1 aliphatic rings. The highest BCUT2D eigenvalue weighted by Gasteiger charge is 2.23. The molecule has 23 heavy (non-hydrogen) atoms. The smallest absolute Gasteiger partial charge is 0.281 e. The van der Waals surface area contributed by atoms with Gasteiger partial charge in [0.15, 0.2) is 0 Å². The van der Waals surface area contributed by atoms with E-state index in [4.69, 9.17) is 0 Å². The Bertz CT molecular complexity index is 776. The van der Waals surface area contributed by atoms with E-state index in [1.165, 1.54) is 17.7 Å². The maximum absolute atomic E-state index is 11.2. The van der Waals surface area contributed by atoms with Gasteiger partial charge in [0.2, 0.25) is 0 Å². The number of hydrogen-bond acceptors (Lipinski definition) is 5.